The molecule has 0 aliphatic rings. The lowest BCUT2D eigenvalue weighted by Crippen LogP contribution is -2.30. The summed E-state index contributed by atoms with van der Waals surface area (Å²) in [6, 6.07) is 0. The highest BCUT2D eigenvalue weighted by Crippen LogP contribution is 2.13. The van der Waals surface area contributed by atoms with Crippen molar-refractivity contribution in [3.8, 4) is 0 Å². The molecule has 6 heteroatoms. The van der Waals surface area contributed by atoms with Gasteiger partial charge in [0.05, 0.1) is 0 Å². The van der Waals surface area contributed by atoms with Crippen LogP contribution in [0.4, 0.5) is 0 Å². The van der Waals surface area contributed by atoms with Crippen molar-refractivity contribution in [1.29, 1.82) is 0 Å². The molecule has 0 bridgehead atoms. The molecule has 0 aromatic heterocycles. The van der Waals surface area contributed by atoms with Gasteiger partial charge in [-0.25, -0.2) is 0 Å². The first kappa shape index (κ1) is 60.3. The Balaban J connectivity index is 4.52. The van der Waals surface area contributed by atoms with E-state index in [-0.39, 0.29) is 44.0 Å². The molecule has 1 unspecified atom stereocenters. The largest absolute Gasteiger partial charge is 0.462 e. The maximum absolute atomic E-state index is 12.8. The summed E-state index contributed by atoms with van der Waals surface area (Å²) in [5, 5.41) is 0. The van der Waals surface area contributed by atoms with Crippen molar-refractivity contribution in [3.05, 3.63) is 146 Å². The van der Waals surface area contributed by atoms with Crippen molar-refractivity contribution in [2.24, 2.45) is 0 Å². The molecule has 0 aliphatic heterocycles. The van der Waals surface area contributed by atoms with Gasteiger partial charge >= 0.3 is 17.9 Å². The second kappa shape index (κ2) is 51.9. The average molecular weight is 895 g/mol. The van der Waals surface area contributed by atoms with Gasteiger partial charge in [0.15, 0.2) is 6.10 Å². The number of unbranched alkanes of at least 4 members (excludes halogenated alkanes) is 13. The Morgan fingerprint density at radius 1 is 0.323 bits per heavy atom. The second-order valence-electron chi connectivity index (χ2n) is 16.1. The van der Waals surface area contributed by atoms with Gasteiger partial charge in [0.2, 0.25) is 0 Å². The van der Waals surface area contributed by atoms with Crippen molar-refractivity contribution < 1.29 is 28.6 Å². The number of esters is 3. The maximum Gasteiger partial charge on any atom is 0.306 e. The van der Waals surface area contributed by atoms with Crippen LogP contribution in [0.25, 0.3) is 0 Å². The monoisotopic (exact) mass is 895 g/mol. The highest BCUT2D eigenvalue weighted by molar-refractivity contribution is 5.71. The quantitative estimate of drug-likeness (QED) is 0.0199. The molecule has 0 spiro atoms. The maximum atomic E-state index is 12.8. The van der Waals surface area contributed by atoms with E-state index in [1.54, 1.807) is 0 Å². The molecule has 0 saturated heterocycles. The Kier molecular flexibility index (Phi) is 48.2. The number of allylic oxidation sites excluding steroid dienone is 24. The number of hydrogen-bond donors (Lipinski definition) is 0. The van der Waals surface area contributed by atoms with Gasteiger partial charge in [-0.05, 0) is 96.3 Å². The van der Waals surface area contributed by atoms with Gasteiger partial charge in [-0.1, -0.05) is 218 Å². The zero-order chi connectivity index (χ0) is 47.2. The molecule has 0 aromatic rings. The Bertz CT molecular complexity index is 1490. The van der Waals surface area contributed by atoms with E-state index in [4.69, 9.17) is 14.2 Å². The molecule has 0 radical (unpaired) electrons. The molecule has 0 N–H and O–H groups in total. The standard InChI is InChI=1S/C59H90O6/c1-4-7-10-13-16-19-22-24-26-28-29-31-32-34-37-40-43-46-49-52-58(61)64-55-56(54-63-57(60)51-48-45-42-39-36-21-18-15-12-9-6-3)65-59(62)53-50-47-44-41-38-35-33-30-27-25-23-20-17-14-11-8-5-2/h7-12,14,16-21,23-27,30,33,35,38-39,42,56H,4-6,13,15,22,28-29,31-32,34,36-37,40-41,43-55H2,1-3H3/b10-7-,11-8-,12-9-,17-14-,19-16-,21-18-,23-20-,26-24-,27-25-,33-30+,38-35-,42-39-. The normalized spacial score (nSPS) is 13.3. The Morgan fingerprint density at radius 3 is 1.12 bits per heavy atom. The minimum atomic E-state index is -0.830. The van der Waals surface area contributed by atoms with E-state index in [0.29, 0.717) is 19.3 Å². The summed E-state index contributed by atoms with van der Waals surface area (Å²) in [7, 11) is 0. The van der Waals surface area contributed by atoms with Crippen LogP contribution < -0.4 is 0 Å². The van der Waals surface area contributed by atoms with Gasteiger partial charge in [-0.15, -0.1) is 0 Å². The third-order valence-corrected chi connectivity index (χ3v) is 9.98. The summed E-state index contributed by atoms with van der Waals surface area (Å²) in [5.74, 6) is -1.04. The lowest BCUT2D eigenvalue weighted by atomic mass is 10.1. The predicted octanol–water partition coefficient (Wildman–Crippen LogP) is 16.9. The van der Waals surface area contributed by atoms with Crippen LogP contribution in [0.3, 0.4) is 0 Å². The van der Waals surface area contributed by atoms with Crippen LogP contribution in [0.2, 0.25) is 0 Å². The molecular formula is C59H90O6. The van der Waals surface area contributed by atoms with Crippen LogP contribution in [0, 0.1) is 0 Å². The zero-order valence-electron chi connectivity index (χ0n) is 41.2. The van der Waals surface area contributed by atoms with E-state index in [0.717, 1.165) is 96.3 Å². The number of rotatable bonds is 43. The van der Waals surface area contributed by atoms with Crippen molar-refractivity contribution >= 4 is 17.9 Å². The number of ether oxygens (including phenoxy) is 3. The molecule has 0 amide bonds. The average Bonchev–Trinajstić information content (AvgIpc) is 3.30. The predicted molar refractivity (Wildman–Crippen MR) is 279 cm³/mol. The van der Waals surface area contributed by atoms with Crippen LogP contribution in [0.1, 0.15) is 188 Å². The lowest BCUT2D eigenvalue weighted by Gasteiger charge is -2.18. The SMILES string of the molecule is CC\C=C/C=C\C=C/C=C\C=C\C=C/CCCCCC(=O)OC(COC(=O)CCC/C=C\C/C=C\C/C=C\CC)COC(=O)CCCCCCCCCCC/C=C\C/C=C\C/C=C\CC. The molecule has 0 fully saturated rings. The highest BCUT2D eigenvalue weighted by atomic mass is 16.6. The van der Waals surface area contributed by atoms with Crippen molar-refractivity contribution in [1.82, 2.24) is 0 Å². The molecule has 65 heavy (non-hydrogen) atoms. The minimum absolute atomic E-state index is 0.121. The first-order valence-corrected chi connectivity index (χ1v) is 25.4. The van der Waals surface area contributed by atoms with Crippen LogP contribution >= 0.6 is 0 Å². The highest BCUT2D eigenvalue weighted by Gasteiger charge is 2.19. The van der Waals surface area contributed by atoms with Crippen LogP contribution in [0.15, 0.2) is 146 Å². The summed E-state index contributed by atoms with van der Waals surface area (Å²) < 4.78 is 16.7. The third kappa shape index (κ3) is 50.2. The molecule has 0 aliphatic carbocycles. The molecule has 0 saturated carbocycles. The summed E-state index contributed by atoms with van der Waals surface area (Å²) >= 11 is 0. The first-order chi connectivity index (χ1) is 32.0. The molecule has 0 aromatic carbocycles. The summed E-state index contributed by atoms with van der Waals surface area (Å²) in [5.41, 5.74) is 0. The number of carbonyl (C=O) groups excluding carboxylic acids is 3. The van der Waals surface area contributed by atoms with E-state index >= 15 is 0 Å². The number of carbonyl (C=O) groups is 3. The second-order valence-corrected chi connectivity index (χ2v) is 16.1. The van der Waals surface area contributed by atoms with Gasteiger partial charge < -0.3 is 14.2 Å². The van der Waals surface area contributed by atoms with Crippen LogP contribution in [-0.2, 0) is 28.6 Å². The van der Waals surface area contributed by atoms with Gasteiger partial charge in [-0.2, -0.15) is 0 Å². The van der Waals surface area contributed by atoms with E-state index < -0.39 is 6.10 Å². The molecule has 6 nitrogen and oxygen atoms in total. The van der Waals surface area contributed by atoms with E-state index in [9.17, 15) is 14.4 Å². The molecule has 0 heterocycles. The first-order valence-electron chi connectivity index (χ1n) is 25.4. The zero-order valence-corrected chi connectivity index (χ0v) is 41.2. The van der Waals surface area contributed by atoms with Crippen LogP contribution in [-0.4, -0.2) is 37.2 Å². The van der Waals surface area contributed by atoms with E-state index in [1.807, 2.05) is 60.8 Å². The summed E-state index contributed by atoms with van der Waals surface area (Å²) in [6.45, 7) is 6.15. The summed E-state index contributed by atoms with van der Waals surface area (Å²) in [4.78, 5) is 37.9. The fourth-order valence-corrected chi connectivity index (χ4v) is 6.27. The Morgan fingerprint density at radius 2 is 0.646 bits per heavy atom. The van der Waals surface area contributed by atoms with Crippen molar-refractivity contribution in [3.63, 3.8) is 0 Å². The van der Waals surface area contributed by atoms with Gasteiger partial charge in [0.1, 0.15) is 13.2 Å². The van der Waals surface area contributed by atoms with Crippen molar-refractivity contribution in [2.45, 2.75) is 194 Å². The van der Waals surface area contributed by atoms with Crippen LogP contribution in [0.5, 0.6) is 0 Å². The smallest absolute Gasteiger partial charge is 0.306 e. The van der Waals surface area contributed by atoms with E-state index in [1.165, 1.54) is 38.5 Å². The van der Waals surface area contributed by atoms with Crippen molar-refractivity contribution in [2.75, 3.05) is 13.2 Å². The van der Waals surface area contributed by atoms with E-state index in [2.05, 4.69) is 106 Å². The molecule has 1 atom stereocenters. The third-order valence-electron chi connectivity index (χ3n) is 9.98. The summed E-state index contributed by atoms with van der Waals surface area (Å²) in [6.07, 6.45) is 74.1. The topological polar surface area (TPSA) is 78.9 Å². The van der Waals surface area contributed by atoms with Gasteiger partial charge in [-0.3, -0.25) is 14.4 Å². The molecular weight excluding hydrogens is 805 g/mol. The minimum Gasteiger partial charge on any atom is -0.462 e. The van der Waals surface area contributed by atoms with Gasteiger partial charge in [0.25, 0.3) is 0 Å². The molecule has 362 valence electrons. The fraction of sp³-hybridized carbons (Fsp3) is 0.542. The molecule has 0 rings (SSSR count). The fourth-order valence-electron chi connectivity index (χ4n) is 6.27. The van der Waals surface area contributed by atoms with Gasteiger partial charge in [0, 0.05) is 19.3 Å². The number of hydrogen-bond acceptors (Lipinski definition) is 6. The Hall–Kier alpha value is -4.71. The Labute approximate surface area is 397 Å². The lowest BCUT2D eigenvalue weighted by molar-refractivity contribution is -0.167.